The summed E-state index contributed by atoms with van der Waals surface area (Å²) >= 11 is 0. The van der Waals surface area contributed by atoms with E-state index in [0.717, 1.165) is 32.1 Å². The first kappa shape index (κ1) is 13.1. The Kier molecular flexibility index (Phi) is 5.20. The number of anilines is 1. The van der Waals surface area contributed by atoms with Gasteiger partial charge in [0.1, 0.15) is 0 Å². The van der Waals surface area contributed by atoms with Crippen LogP contribution in [0.1, 0.15) is 26.2 Å². The van der Waals surface area contributed by atoms with E-state index in [1.807, 2.05) is 6.92 Å². The minimum atomic E-state index is 0.611. The molecule has 0 unspecified atom stereocenters. The molecule has 1 aliphatic carbocycles. The molecule has 0 aromatic carbocycles. The molecular formula is C13H21N3O2. The highest BCUT2D eigenvalue weighted by molar-refractivity contribution is 5.27. The minimum absolute atomic E-state index is 0.611. The average molecular weight is 251 g/mol. The Bertz CT molecular complexity index is 356. The standard InChI is InChI=1S/C13H21N3O2/c1-2-18-12-6-8-15-13(16-12)14-7-3-9-17-10-11-4-5-11/h6,8,11H,2-5,7,9-10H2,1H3,(H,14,15,16). The van der Waals surface area contributed by atoms with Crippen LogP contribution in [0.15, 0.2) is 12.3 Å². The van der Waals surface area contributed by atoms with Crippen LogP contribution in [-0.4, -0.2) is 36.3 Å². The summed E-state index contributed by atoms with van der Waals surface area (Å²) in [6.45, 7) is 5.10. The molecular weight excluding hydrogens is 230 g/mol. The SMILES string of the molecule is CCOc1ccnc(NCCCOCC2CC2)n1. The van der Waals surface area contributed by atoms with Gasteiger partial charge in [-0.2, -0.15) is 4.98 Å². The van der Waals surface area contributed by atoms with Crippen molar-refractivity contribution in [1.82, 2.24) is 9.97 Å². The van der Waals surface area contributed by atoms with Crippen molar-refractivity contribution in [1.29, 1.82) is 0 Å². The van der Waals surface area contributed by atoms with Gasteiger partial charge in [-0.05, 0) is 32.1 Å². The van der Waals surface area contributed by atoms with Crippen molar-refractivity contribution in [3.05, 3.63) is 12.3 Å². The van der Waals surface area contributed by atoms with Crippen molar-refractivity contribution in [3.63, 3.8) is 0 Å². The van der Waals surface area contributed by atoms with Gasteiger partial charge in [0.2, 0.25) is 11.8 Å². The number of aromatic nitrogens is 2. The van der Waals surface area contributed by atoms with Crippen molar-refractivity contribution >= 4 is 5.95 Å². The quantitative estimate of drug-likeness (QED) is 0.681. The van der Waals surface area contributed by atoms with Crippen LogP contribution in [0.25, 0.3) is 0 Å². The molecule has 0 aliphatic heterocycles. The lowest BCUT2D eigenvalue weighted by atomic mass is 10.4. The summed E-state index contributed by atoms with van der Waals surface area (Å²) in [6.07, 6.45) is 5.35. The summed E-state index contributed by atoms with van der Waals surface area (Å²) in [5.74, 6) is 2.06. The number of ether oxygens (including phenoxy) is 2. The molecule has 1 aromatic heterocycles. The van der Waals surface area contributed by atoms with Crippen LogP contribution >= 0.6 is 0 Å². The largest absolute Gasteiger partial charge is 0.478 e. The van der Waals surface area contributed by atoms with Gasteiger partial charge in [-0.3, -0.25) is 0 Å². The number of rotatable bonds is 9. The predicted molar refractivity (Wildman–Crippen MR) is 69.9 cm³/mol. The Balaban J connectivity index is 1.58. The molecule has 0 saturated heterocycles. The average Bonchev–Trinajstić information content (AvgIpc) is 3.19. The monoisotopic (exact) mass is 251 g/mol. The summed E-state index contributed by atoms with van der Waals surface area (Å²) in [7, 11) is 0. The molecule has 1 N–H and O–H groups in total. The zero-order valence-electron chi connectivity index (χ0n) is 10.9. The Morgan fingerprint density at radius 2 is 2.33 bits per heavy atom. The maximum absolute atomic E-state index is 5.55. The van der Waals surface area contributed by atoms with Crippen molar-refractivity contribution in [2.75, 3.05) is 31.7 Å². The maximum atomic E-state index is 5.55. The molecule has 1 aromatic rings. The predicted octanol–water partition coefficient (Wildman–Crippen LogP) is 2.10. The van der Waals surface area contributed by atoms with Crippen molar-refractivity contribution < 1.29 is 9.47 Å². The fourth-order valence-corrected chi connectivity index (χ4v) is 1.56. The van der Waals surface area contributed by atoms with E-state index in [-0.39, 0.29) is 0 Å². The van der Waals surface area contributed by atoms with Gasteiger partial charge in [0.05, 0.1) is 6.61 Å². The van der Waals surface area contributed by atoms with E-state index in [9.17, 15) is 0 Å². The van der Waals surface area contributed by atoms with Crippen LogP contribution in [-0.2, 0) is 4.74 Å². The van der Waals surface area contributed by atoms with E-state index in [1.54, 1.807) is 12.3 Å². The molecule has 0 spiro atoms. The second-order valence-corrected chi connectivity index (χ2v) is 4.45. The highest BCUT2D eigenvalue weighted by Crippen LogP contribution is 2.28. The summed E-state index contributed by atoms with van der Waals surface area (Å²) in [5, 5.41) is 3.16. The highest BCUT2D eigenvalue weighted by atomic mass is 16.5. The first-order valence-corrected chi connectivity index (χ1v) is 6.66. The summed E-state index contributed by atoms with van der Waals surface area (Å²) in [6, 6.07) is 1.76. The Labute approximate surface area is 108 Å². The third kappa shape index (κ3) is 4.87. The second-order valence-electron chi connectivity index (χ2n) is 4.45. The molecule has 0 atom stereocenters. The summed E-state index contributed by atoms with van der Waals surface area (Å²) in [5.41, 5.74) is 0. The van der Waals surface area contributed by atoms with E-state index < -0.39 is 0 Å². The molecule has 5 heteroatoms. The van der Waals surface area contributed by atoms with E-state index >= 15 is 0 Å². The molecule has 0 bridgehead atoms. The first-order valence-electron chi connectivity index (χ1n) is 6.66. The van der Waals surface area contributed by atoms with Gasteiger partial charge < -0.3 is 14.8 Å². The van der Waals surface area contributed by atoms with Crippen LogP contribution < -0.4 is 10.1 Å². The van der Waals surface area contributed by atoms with Gasteiger partial charge in [-0.25, -0.2) is 4.98 Å². The molecule has 100 valence electrons. The smallest absolute Gasteiger partial charge is 0.225 e. The molecule has 1 aliphatic rings. The van der Waals surface area contributed by atoms with Crippen LogP contribution in [0.5, 0.6) is 5.88 Å². The van der Waals surface area contributed by atoms with Gasteiger partial charge in [0.25, 0.3) is 0 Å². The Morgan fingerprint density at radius 1 is 1.44 bits per heavy atom. The molecule has 1 saturated carbocycles. The minimum Gasteiger partial charge on any atom is -0.478 e. The second kappa shape index (κ2) is 7.16. The third-order valence-electron chi connectivity index (χ3n) is 2.72. The Hall–Kier alpha value is -1.36. The molecule has 0 radical (unpaired) electrons. The van der Waals surface area contributed by atoms with Gasteiger partial charge in [-0.15, -0.1) is 0 Å². The van der Waals surface area contributed by atoms with E-state index in [1.165, 1.54) is 12.8 Å². The first-order chi connectivity index (χ1) is 8.88. The number of hydrogen-bond acceptors (Lipinski definition) is 5. The van der Waals surface area contributed by atoms with Gasteiger partial charge in [0.15, 0.2) is 0 Å². The van der Waals surface area contributed by atoms with Crippen molar-refractivity contribution in [2.45, 2.75) is 26.2 Å². The van der Waals surface area contributed by atoms with Crippen molar-refractivity contribution in [2.24, 2.45) is 5.92 Å². The van der Waals surface area contributed by atoms with Gasteiger partial charge >= 0.3 is 0 Å². The van der Waals surface area contributed by atoms with E-state index in [0.29, 0.717) is 18.4 Å². The molecule has 5 nitrogen and oxygen atoms in total. The lowest BCUT2D eigenvalue weighted by Gasteiger charge is -2.07. The molecule has 1 fully saturated rings. The topological polar surface area (TPSA) is 56.3 Å². The zero-order chi connectivity index (χ0) is 12.6. The molecule has 2 rings (SSSR count). The molecule has 0 amide bonds. The third-order valence-corrected chi connectivity index (χ3v) is 2.72. The number of nitrogens with zero attached hydrogens (tertiary/aromatic N) is 2. The van der Waals surface area contributed by atoms with Gasteiger partial charge in [0, 0.05) is 32.0 Å². The van der Waals surface area contributed by atoms with Crippen molar-refractivity contribution in [3.8, 4) is 5.88 Å². The number of nitrogens with one attached hydrogen (secondary N) is 1. The molecule has 18 heavy (non-hydrogen) atoms. The van der Waals surface area contributed by atoms with E-state index in [4.69, 9.17) is 9.47 Å². The fraction of sp³-hybridized carbons (Fsp3) is 0.692. The van der Waals surface area contributed by atoms with Crippen LogP contribution in [0.2, 0.25) is 0 Å². The highest BCUT2D eigenvalue weighted by Gasteiger charge is 2.20. The van der Waals surface area contributed by atoms with Crippen LogP contribution in [0.4, 0.5) is 5.95 Å². The number of hydrogen-bond donors (Lipinski definition) is 1. The zero-order valence-corrected chi connectivity index (χ0v) is 10.9. The normalized spacial score (nSPS) is 14.5. The Morgan fingerprint density at radius 3 is 3.11 bits per heavy atom. The van der Waals surface area contributed by atoms with Crippen LogP contribution in [0.3, 0.4) is 0 Å². The molecule has 1 heterocycles. The van der Waals surface area contributed by atoms with Crippen LogP contribution in [0, 0.1) is 5.92 Å². The summed E-state index contributed by atoms with van der Waals surface area (Å²) < 4.78 is 10.9. The van der Waals surface area contributed by atoms with E-state index in [2.05, 4.69) is 15.3 Å². The fourth-order valence-electron chi connectivity index (χ4n) is 1.56. The lowest BCUT2D eigenvalue weighted by Crippen LogP contribution is -2.09. The lowest BCUT2D eigenvalue weighted by molar-refractivity contribution is 0.124. The van der Waals surface area contributed by atoms with Gasteiger partial charge in [-0.1, -0.05) is 0 Å². The summed E-state index contributed by atoms with van der Waals surface area (Å²) in [4.78, 5) is 8.37. The maximum Gasteiger partial charge on any atom is 0.225 e.